The first-order valence-corrected chi connectivity index (χ1v) is 6.08. The highest BCUT2D eigenvalue weighted by Crippen LogP contribution is 2.25. The van der Waals surface area contributed by atoms with E-state index in [9.17, 15) is 0 Å². The Kier molecular flexibility index (Phi) is 2.68. The molecule has 0 radical (unpaired) electrons. The molecule has 88 valence electrons. The standard InChI is InChI=1S/C11H10Cl2N4/c12-7-1-2-8-9(5-7)17(16-11(8)13)6-10-14-3-4-15-10/h1-2,5H,3-4,6H2,(H,14,15). The van der Waals surface area contributed by atoms with Gasteiger partial charge in [0.2, 0.25) is 0 Å². The average Bonchev–Trinajstić information content (AvgIpc) is 2.89. The van der Waals surface area contributed by atoms with Crippen LogP contribution in [0, 0.1) is 0 Å². The molecule has 2 heterocycles. The van der Waals surface area contributed by atoms with Crippen LogP contribution in [0.5, 0.6) is 0 Å². The second-order valence-corrected chi connectivity index (χ2v) is 4.66. The van der Waals surface area contributed by atoms with E-state index in [-0.39, 0.29) is 0 Å². The molecule has 1 aliphatic rings. The Morgan fingerprint density at radius 3 is 3.00 bits per heavy atom. The molecule has 0 fully saturated rings. The van der Waals surface area contributed by atoms with Crippen LogP contribution in [0.4, 0.5) is 0 Å². The topological polar surface area (TPSA) is 42.2 Å². The summed E-state index contributed by atoms with van der Waals surface area (Å²) in [5, 5.41) is 9.59. The van der Waals surface area contributed by atoms with Crippen molar-refractivity contribution in [2.45, 2.75) is 6.54 Å². The fourth-order valence-corrected chi connectivity index (χ4v) is 2.34. The lowest BCUT2D eigenvalue weighted by Crippen LogP contribution is -2.24. The molecule has 1 aromatic carbocycles. The van der Waals surface area contributed by atoms with Gasteiger partial charge in [-0.25, -0.2) is 0 Å². The number of aliphatic imine (C=N–C) groups is 1. The van der Waals surface area contributed by atoms with Crippen molar-refractivity contribution in [1.82, 2.24) is 15.1 Å². The molecule has 0 unspecified atom stereocenters. The fraction of sp³-hybridized carbons (Fsp3) is 0.273. The van der Waals surface area contributed by atoms with Crippen LogP contribution >= 0.6 is 23.2 Å². The molecule has 0 atom stereocenters. The van der Waals surface area contributed by atoms with Crippen LogP contribution in [0.25, 0.3) is 10.9 Å². The molecule has 0 bridgehead atoms. The Morgan fingerprint density at radius 2 is 2.24 bits per heavy atom. The maximum absolute atomic E-state index is 6.08. The summed E-state index contributed by atoms with van der Waals surface area (Å²) in [6.45, 7) is 2.32. The minimum Gasteiger partial charge on any atom is -0.370 e. The fourth-order valence-electron chi connectivity index (χ4n) is 1.92. The van der Waals surface area contributed by atoms with Gasteiger partial charge in [-0.2, -0.15) is 5.10 Å². The van der Waals surface area contributed by atoms with Crippen LogP contribution in [-0.2, 0) is 6.54 Å². The van der Waals surface area contributed by atoms with Gasteiger partial charge in [-0.15, -0.1) is 0 Å². The smallest absolute Gasteiger partial charge is 0.158 e. The summed E-state index contributed by atoms with van der Waals surface area (Å²) < 4.78 is 1.82. The van der Waals surface area contributed by atoms with E-state index >= 15 is 0 Å². The van der Waals surface area contributed by atoms with E-state index in [1.54, 1.807) is 0 Å². The SMILES string of the molecule is Clc1ccc2c(Cl)nn(CC3=NCCN3)c2c1. The highest BCUT2D eigenvalue weighted by molar-refractivity contribution is 6.35. The minimum absolute atomic E-state index is 0.496. The van der Waals surface area contributed by atoms with Crippen molar-refractivity contribution in [1.29, 1.82) is 0 Å². The van der Waals surface area contributed by atoms with E-state index in [0.29, 0.717) is 16.7 Å². The predicted molar refractivity (Wildman–Crippen MR) is 70.1 cm³/mol. The number of halogens is 2. The molecule has 0 aliphatic carbocycles. The van der Waals surface area contributed by atoms with Gasteiger partial charge in [0, 0.05) is 17.0 Å². The van der Waals surface area contributed by atoms with E-state index in [4.69, 9.17) is 23.2 Å². The van der Waals surface area contributed by atoms with Gasteiger partial charge < -0.3 is 5.32 Å². The summed E-state index contributed by atoms with van der Waals surface area (Å²) in [6.07, 6.45) is 0. The normalized spacial score (nSPS) is 15.1. The molecule has 1 N–H and O–H groups in total. The molecule has 0 saturated heterocycles. The van der Waals surface area contributed by atoms with E-state index in [1.807, 2.05) is 22.9 Å². The molecule has 3 rings (SSSR count). The van der Waals surface area contributed by atoms with Gasteiger partial charge in [-0.1, -0.05) is 23.2 Å². The maximum Gasteiger partial charge on any atom is 0.158 e. The Morgan fingerprint density at radius 1 is 1.35 bits per heavy atom. The second-order valence-electron chi connectivity index (χ2n) is 3.87. The predicted octanol–water partition coefficient (Wildman–Crippen LogP) is 2.34. The molecule has 4 nitrogen and oxygen atoms in total. The van der Waals surface area contributed by atoms with E-state index in [2.05, 4.69) is 15.4 Å². The summed E-state index contributed by atoms with van der Waals surface area (Å²) in [4.78, 5) is 4.34. The molecular formula is C11H10Cl2N4. The molecule has 1 aromatic heterocycles. The second kappa shape index (κ2) is 4.20. The first-order chi connectivity index (χ1) is 8.24. The summed E-state index contributed by atoms with van der Waals surface area (Å²) in [5.74, 6) is 0.936. The Hall–Kier alpha value is -1.26. The summed E-state index contributed by atoms with van der Waals surface area (Å²) in [6, 6.07) is 5.56. The number of hydrogen-bond donors (Lipinski definition) is 1. The molecular weight excluding hydrogens is 259 g/mol. The largest absolute Gasteiger partial charge is 0.370 e. The summed E-state index contributed by atoms with van der Waals surface area (Å²) in [5.41, 5.74) is 0.930. The molecule has 0 amide bonds. The Labute approximate surface area is 108 Å². The third-order valence-electron chi connectivity index (χ3n) is 2.71. The van der Waals surface area contributed by atoms with Gasteiger partial charge in [-0.05, 0) is 18.2 Å². The quantitative estimate of drug-likeness (QED) is 0.909. The van der Waals surface area contributed by atoms with Gasteiger partial charge in [-0.3, -0.25) is 9.67 Å². The van der Waals surface area contributed by atoms with Crippen LogP contribution in [0.1, 0.15) is 0 Å². The first kappa shape index (κ1) is 10.9. The van der Waals surface area contributed by atoms with E-state index < -0.39 is 0 Å². The number of benzene rings is 1. The Bertz CT molecular complexity index is 603. The van der Waals surface area contributed by atoms with Crippen molar-refractivity contribution in [3.63, 3.8) is 0 Å². The number of nitrogens with zero attached hydrogens (tertiary/aromatic N) is 3. The number of amidine groups is 1. The highest BCUT2D eigenvalue weighted by Gasteiger charge is 2.12. The van der Waals surface area contributed by atoms with Gasteiger partial charge in [0.05, 0.1) is 18.6 Å². The zero-order valence-corrected chi connectivity index (χ0v) is 10.5. The van der Waals surface area contributed by atoms with E-state index in [1.165, 1.54) is 0 Å². The monoisotopic (exact) mass is 268 g/mol. The van der Waals surface area contributed by atoms with Crippen LogP contribution in [0.15, 0.2) is 23.2 Å². The molecule has 17 heavy (non-hydrogen) atoms. The van der Waals surface area contributed by atoms with Gasteiger partial charge in [0.1, 0.15) is 5.84 Å². The third-order valence-corrected chi connectivity index (χ3v) is 3.23. The van der Waals surface area contributed by atoms with Gasteiger partial charge >= 0.3 is 0 Å². The minimum atomic E-state index is 0.496. The summed E-state index contributed by atoms with van der Waals surface area (Å²) in [7, 11) is 0. The molecule has 6 heteroatoms. The lowest BCUT2D eigenvalue weighted by atomic mass is 10.2. The first-order valence-electron chi connectivity index (χ1n) is 5.33. The number of nitrogens with one attached hydrogen (secondary N) is 1. The molecule has 2 aromatic rings. The van der Waals surface area contributed by atoms with Crippen LogP contribution in [-0.4, -0.2) is 28.7 Å². The van der Waals surface area contributed by atoms with Crippen molar-refractivity contribution in [2.24, 2.45) is 4.99 Å². The zero-order chi connectivity index (χ0) is 11.8. The Balaban J connectivity index is 2.06. The van der Waals surface area contributed by atoms with Crippen LogP contribution in [0.3, 0.4) is 0 Å². The van der Waals surface area contributed by atoms with Crippen LogP contribution in [0.2, 0.25) is 10.2 Å². The van der Waals surface area contributed by atoms with Crippen molar-refractivity contribution in [3.05, 3.63) is 28.4 Å². The van der Waals surface area contributed by atoms with Gasteiger partial charge in [0.25, 0.3) is 0 Å². The molecule has 1 aliphatic heterocycles. The summed E-state index contributed by atoms with van der Waals surface area (Å²) >= 11 is 12.1. The maximum atomic E-state index is 6.08. The number of fused-ring (bicyclic) bond motifs is 1. The highest BCUT2D eigenvalue weighted by atomic mass is 35.5. The van der Waals surface area contributed by atoms with Crippen molar-refractivity contribution < 1.29 is 0 Å². The number of rotatable bonds is 2. The molecule has 0 saturated carbocycles. The number of aromatic nitrogens is 2. The van der Waals surface area contributed by atoms with Crippen molar-refractivity contribution >= 4 is 39.9 Å². The third kappa shape index (κ3) is 1.98. The average molecular weight is 269 g/mol. The zero-order valence-electron chi connectivity index (χ0n) is 8.95. The molecule has 0 spiro atoms. The van der Waals surface area contributed by atoms with Gasteiger partial charge in [0.15, 0.2) is 5.15 Å². The lowest BCUT2D eigenvalue weighted by molar-refractivity contribution is 0.739. The number of hydrogen-bond acceptors (Lipinski definition) is 3. The van der Waals surface area contributed by atoms with Crippen LogP contribution < -0.4 is 5.32 Å². The van der Waals surface area contributed by atoms with E-state index in [0.717, 1.165) is 29.8 Å². The lowest BCUT2D eigenvalue weighted by Gasteiger charge is -2.04. The van der Waals surface area contributed by atoms with Crippen molar-refractivity contribution in [2.75, 3.05) is 13.1 Å². The van der Waals surface area contributed by atoms with Crippen molar-refractivity contribution in [3.8, 4) is 0 Å².